The van der Waals surface area contributed by atoms with Crippen LogP contribution in [0.5, 0.6) is 5.75 Å². The predicted octanol–water partition coefficient (Wildman–Crippen LogP) is 4.96. The van der Waals surface area contributed by atoms with Gasteiger partial charge < -0.3 is 14.6 Å². The van der Waals surface area contributed by atoms with Crippen LogP contribution in [0.1, 0.15) is 51.9 Å². The van der Waals surface area contributed by atoms with Crippen LogP contribution in [-0.2, 0) is 14.3 Å². The highest BCUT2D eigenvalue weighted by Crippen LogP contribution is 2.44. The van der Waals surface area contributed by atoms with Gasteiger partial charge in [-0.25, -0.2) is 9.78 Å². The van der Waals surface area contributed by atoms with E-state index in [1.54, 1.807) is 50.2 Å². The van der Waals surface area contributed by atoms with Crippen molar-refractivity contribution in [1.82, 2.24) is 4.98 Å². The van der Waals surface area contributed by atoms with Gasteiger partial charge in [0.25, 0.3) is 5.78 Å². The average molecular weight is 507 g/mol. The summed E-state index contributed by atoms with van der Waals surface area (Å²) in [7, 11) is 0. The van der Waals surface area contributed by atoms with Gasteiger partial charge in [-0.15, -0.1) is 0 Å². The van der Waals surface area contributed by atoms with E-state index in [9.17, 15) is 19.5 Å². The Morgan fingerprint density at radius 1 is 1.03 bits per heavy atom. The van der Waals surface area contributed by atoms with Crippen LogP contribution in [0.15, 0.2) is 54.1 Å². The Bertz CT molecular complexity index is 1340. The lowest BCUT2D eigenvalue weighted by atomic mass is 9.95. The highest BCUT2D eigenvalue weighted by atomic mass is 32.1. The minimum absolute atomic E-state index is 0.0569. The maximum atomic E-state index is 13.3. The molecule has 36 heavy (non-hydrogen) atoms. The number of hydrogen-bond acceptors (Lipinski definition) is 8. The van der Waals surface area contributed by atoms with E-state index in [0.717, 1.165) is 16.9 Å². The van der Waals surface area contributed by atoms with Gasteiger partial charge in [-0.3, -0.25) is 14.5 Å². The Morgan fingerprint density at radius 2 is 1.69 bits per heavy atom. The first-order valence-electron chi connectivity index (χ1n) is 11.5. The van der Waals surface area contributed by atoms with Gasteiger partial charge in [0.05, 0.1) is 30.5 Å². The van der Waals surface area contributed by atoms with Crippen LogP contribution >= 0.6 is 11.3 Å². The summed E-state index contributed by atoms with van der Waals surface area (Å²) in [6.07, 6.45) is 0. The van der Waals surface area contributed by atoms with Crippen molar-refractivity contribution >= 4 is 39.9 Å². The largest absolute Gasteiger partial charge is 0.507 e. The minimum atomic E-state index is -0.933. The fourth-order valence-corrected chi connectivity index (χ4v) is 4.98. The van der Waals surface area contributed by atoms with Gasteiger partial charge in [-0.1, -0.05) is 41.2 Å². The number of rotatable bonds is 7. The van der Waals surface area contributed by atoms with Gasteiger partial charge in [0.2, 0.25) is 0 Å². The molecule has 1 N–H and O–H groups in total. The van der Waals surface area contributed by atoms with E-state index >= 15 is 0 Å². The number of thiazole rings is 1. The van der Waals surface area contributed by atoms with Crippen LogP contribution in [-0.4, -0.2) is 41.0 Å². The van der Waals surface area contributed by atoms with E-state index < -0.39 is 23.7 Å². The zero-order valence-corrected chi connectivity index (χ0v) is 21.2. The molecule has 1 aliphatic rings. The normalized spacial score (nSPS) is 16.9. The molecule has 8 nitrogen and oxygen atoms in total. The van der Waals surface area contributed by atoms with E-state index in [0.29, 0.717) is 29.2 Å². The lowest BCUT2D eigenvalue weighted by molar-refractivity contribution is -0.132. The van der Waals surface area contributed by atoms with Crippen molar-refractivity contribution in [3.8, 4) is 5.75 Å². The number of aryl methyl sites for hydroxylation is 2. The lowest BCUT2D eigenvalue weighted by Crippen LogP contribution is -2.29. The molecule has 9 heteroatoms. The molecule has 0 bridgehead atoms. The maximum absolute atomic E-state index is 13.3. The van der Waals surface area contributed by atoms with Crippen molar-refractivity contribution in [3.63, 3.8) is 0 Å². The molecule has 4 rings (SSSR count). The van der Waals surface area contributed by atoms with Crippen molar-refractivity contribution in [2.45, 2.75) is 33.7 Å². The molecule has 0 saturated carbocycles. The van der Waals surface area contributed by atoms with E-state index in [1.165, 1.54) is 4.90 Å². The molecule has 3 aromatic rings. The van der Waals surface area contributed by atoms with Crippen molar-refractivity contribution in [1.29, 1.82) is 0 Å². The molecule has 0 aliphatic carbocycles. The Labute approximate surface area is 212 Å². The van der Waals surface area contributed by atoms with Crippen molar-refractivity contribution in [2.24, 2.45) is 0 Å². The number of carbonyl (C=O) groups is 3. The first-order valence-corrected chi connectivity index (χ1v) is 12.3. The third kappa shape index (κ3) is 4.61. The van der Waals surface area contributed by atoms with Crippen LogP contribution in [0.4, 0.5) is 5.13 Å². The van der Waals surface area contributed by atoms with E-state index in [1.807, 2.05) is 26.0 Å². The molecule has 1 unspecified atom stereocenters. The smallest absolute Gasteiger partial charge is 0.350 e. The Balaban J connectivity index is 1.87. The SMILES string of the molecule is CCOC(=O)c1sc(N2C(=O)C(=O)C(=C(O)c3ccc(OCC)cc3)C2c2ccc(C)cc2)nc1C. The number of ether oxygens (including phenoxy) is 2. The molecular formula is C27H26N2O6S. The van der Waals surface area contributed by atoms with E-state index in [4.69, 9.17) is 9.47 Å². The molecule has 1 fully saturated rings. The van der Waals surface area contributed by atoms with Gasteiger partial charge in [-0.2, -0.15) is 0 Å². The third-order valence-corrected chi connectivity index (χ3v) is 6.87. The number of aliphatic hydroxyl groups is 1. The highest BCUT2D eigenvalue weighted by Gasteiger charge is 2.48. The average Bonchev–Trinajstić information content (AvgIpc) is 3.37. The van der Waals surface area contributed by atoms with Crippen LogP contribution in [0.2, 0.25) is 0 Å². The second-order valence-electron chi connectivity index (χ2n) is 8.17. The van der Waals surface area contributed by atoms with Gasteiger partial charge in [0.1, 0.15) is 16.4 Å². The number of aliphatic hydroxyl groups excluding tert-OH is 1. The summed E-state index contributed by atoms with van der Waals surface area (Å²) in [6, 6.07) is 13.0. The van der Waals surface area contributed by atoms with Crippen molar-refractivity contribution in [3.05, 3.63) is 81.4 Å². The third-order valence-electron chi connectivity index (χ3n) is 5.73. The molecule has 1 amide bonds. The summed E-state index contributed by atoms with van der Waals surface area (Å²) >= 11 is 0.976. The number of aromatic nitrogens is 1. The van der Waals surface area contributed by atoms with E-state index in [2.05, 4.69) is 4.98 Å². The molecule has 1 saturated heterocycles. The summed E-state index contributed by atoms with van der Waals surface area (Å²) < 4.78 is 10.6. The van der Waals surface area contributed by atoms with Crippen LogP contribution in [0.3, 0.4) is 0 Å². The molecule has 2 heterocycles. The molecule has 0 spiro atoms. The van der Waals surface area contributed by atoms with Crippen LogP contribution < -0.4 is 9.64 Å². The quantitative estimate of drug-likeness (QED) is 0.209. The van der Waals surface area contributed by atoms with Crippen molar-refractivity contribution in [2.75, 3.05) is 18.1 Å². The molecular weight excluding hydrogens is 480 g/mol. The number of amides is 1. The number of anilines is 1. The highest BCUT2D eigenvalue weighted by molar-refractivity contribution is 7.17. The van der Waals surface area contributed by atoms with Gasteiger partial charge >= 0.3 is 11.9 Å². The van der Waals surface area contributed by atoms with E-state index in [-0.39, 0.29) is 27.9 Å². The Morgan fingerprint density at radius 3 is 2.31 bits per heavy atom. The second-order valence-corrected chi connectivity index (χ2v) is 9.15. The standard InChI is InChI=1S/C27H26N2O6S/c1-5-34-19-13-11-18(12-14-19)22(30)20-21(17-9-7-15(3)8-10-17)29(25(32)23(20)31)27-28-16(4)24(36-27)26(33)35-6-2/h7-14,21,30H,5-6H2,1-4H3. The first-order chi connectivity index (χ1) is 17.3. The second kappa shape index (κ2) is 10.3. The monoisotopic (exact) mass is 506 g/mol. The molecule has 1 aliphatic heterocycles. The summed E-state index contributed by atoms with van der Waals surface area (Å²) in [4.78, 5) is 44.9. The first kappa shape index (κ1) is 25.1. The number of benzene rings is 2. The van der Waals surface area contributed by atoms with Crippen molar-refractivity contribution < 1.29 is 29.0 Å². The summed E-state index contributed by atoms with van der Waals surface area (Å²) in [5, 5.41) is 11.4. The Hall–Kier alpha value is -3.98. The molecule has 2 aromatic carbocycles. The number of esters is 1. The predicted molar refractivity (Wildman–Crippen MR) is 136 cm³/mol. The molecule has 186 valence electrons. The maximum Gasteiger partial charge on any atom is 0.350 e. The fraction of sp³-hybridized carbons (Fsp3) is 0.259. The minimum Gasteiger partial charge on any atom is -0.507 e. The number of hydrogen-bond donors (Lipinski definition) is 1. The van der Waals surface area contributed by atoms with Gasteiger partial charge in [0, 0.05) is 5.56 Å². The number of ketones is 1. The van der Waals surface area contributed by atoms with Gasteiger partial charge in [0.15, 0.2) is 5.13 Å². The van der Waals surface area contributed by atoms with Crippen LogP contribution in [0.25, 0.3) is 5.76 Å². The topological polar surface area (TPSA) is 106 Å². The molecule has 1 atom stereocenters. The zero-order valence-electron chi connectivity index (χ0n) is 20.4. The van der Waals surface area contributed by atoms with Gasteiger partial charge in [-0.05, 0) is 57.5 Å². The molecule has 0 radical (unpaired) electrons. The fourth-order valence-electron chi connectivity index (χ4n) is 4.00. The number of carbonyl (C=O) groups excluding carboxylic acids is 3. The lowest BCUT2D eigenvalue weighted by Gasteiger charge is -2.23. The number of nitrogens with zero attached hydrogens (tertiary/aromatic N) is 2. The Kier molecular flexibility index (Phi) is 7.21. The summed E-state index contributed by atoms with van der Waals surface area (Å²) in [5.41, 5.74) is 2.33. The van der Waals surface area contributed by atoms with Crippen LogP contribution in [0, 0.1) is 13.8 Å². The summed E-state index contributed by atoms with van der Waals surface area (Å²) in [5.74, 6) is -1.90. The number of Topliss-reactive ketones (excluding diaryl/α,β-unsaturated/α-hetero) is 1. The summed E-state index contributed by atoms with van der Waals surface area (Å²) in [6.45, 7) is 7.82. The molecule has 1 aromatic heterocycles. The zero-order chi connectivity index (χ0) is 26.0.